The summed E-state index contributed by atoms with van der Waals surface area (Å²) in [6.07, 6.45) is 1.61. The Morgan fingerprint density at radius 1 is 1.32 bits per heavy atom. The lowest BCUT2D eigenvalue weighted by atomic mass is 10.2. The Kier molecular flexibility index (Phi) is 7.07. The second-order valence-electron chi connectivity index (χ2n) is 3.59. The second-order valence-corrected chi connectivity index (χ2v) is 3.99. The molecule has 1 rings (SSSR count). The molecule has 0 aromatic heterocycles. The summed E-state index contributed by atoms with van der Waals surface area (Å²) in [6, 6.07) is 3.56. The summed E-state index contributed by atoms with van der Waals surface area (Å²) in [7, 11) is 0. The van der Waals surface area contributed by atoms with Crippen molar-refractivity contribution in [1.82, 2.24) is 5.43 Å². The molecule has 0 fully saturated rings. The highest BCUT2D eigenvalue weighted by molar-refractivity contribution is 6.32. The lowest BCUT2D eigenvalue weighted by molar-refractivity contribution is 0.288. The fourth-order valence-corrected chi connectivity index (χ4v) is 1.72. The van der Waals surface area contributed by atoms with Crippen molar-refractivity contribution in [3.8, 4) is 11.5 Å². The van der Waals surface area contributed by atoms with Crippen LogP contribution in [-0.4, -0.2) is 37.7 Å². The van der Waals surface area contributed by atoms with Crippen LogP contribution in [0.15, 0.2) is 17.2 Å². The van der Waals surface area contributed by atoms with Crippen LogP contribution in [0.5, 0.6) is 11.5 Å². The zero-order valence-electron chi connectivity index (χ0n) is 11.1. The molecule has 0 atom stereocenters. The highest BCUT2D eigenvalue weighted by Gasteiger charge is 2.11. The SMILES string of the molecule is CCOc1cc(C=NNCCO)cc(Cl)c1OCC. The maximum atomic E-state index is 8.62. The zero-order valence-corrected chi connectivity index (χ0v) is 11.9. The van der Waals surface area contributed by atoms with Crippen LogP contribution in [0.4, 0.5) is 0 Å². The van der Waals surface area contributed by atoms with E-state index in [1.54, 1.807) is 12.3 Å². The van der Waals surface area contributed by atoms with Crippen LogP contribution in [0.2, 0.25) is 5.02 Å². The van der Waals surface area contributed by atoms with E-state index in [2.05, 4.69) is 10.5 Å². The molecule has 0 spiro atoms. The molecule has 0 aliphatic carbocycles. The first kappa shape index (κ1) is 15.6. The van der Waals surface area contributed by atoms with Crippen molar-refractivity contribution in [3.63, 3.8) is 0 Å². The van der Waals surface area contributed by atoms with Gasteiger partial charge in [-0.2, -0.15) is 5.10 Å². The summed E-state index contributed by atoms with van der Waals surface area (Å²) in [6.45, 7) is 5.27. The Balaban J connectivity index is 2.92. The topological polar surface area (TPSA) is 63.1 Å². The smallest absolute Gasteiger partial charge is 0.179 e. The third-order valence-corrected chi connectivity index (χ3v) is 2.43. The first-order valence-electron chi connectivity index (χ1n) is 6.18. The number of hydrogen-bond acceptors (Lipinski definition) is 5. The van der Waals surface area contributed by atoms with E-state index < -0.39 is 0 Å². The lowest BCUT2D eigenvalue weighted by Gasteiger charge is -2.13. The summed E-state index contributed by atoms with van der Waals surface area (Å²) in [5, 5.41) is 13.1. The van der Waals surface area contributed by atoms with Gasteiger partial charge in [0.2, 0.25) is 0 Å². The Hall–Kier alpha value is -1.46. The minimum absolute atomic E-state index is 0.0333. The number of nitrogens with one attached hydrogen (secondary N) is 1. The van der Waals surface area contributed by atoms with Crippen LogP contribution in [0.3, 0.4) is 0 Å². The Labute approximate surface area is 118 Å². The number of halogens is 1. The van der Waals surface area contributed by atoms with Gasteiger partial charge in [-0.05, 0) is 31.5 Å². The van der Waals surface area contributed by atoms with E-state index in [1.165, 1.54) is 0 Å². The summed E-state index contributed by atoms with van der Waals surface area (Å²) < 4.78 is 11.0. The maximum absolute atomic E-state index is 8.62. The number of ether oxygens (including phenoxy) is 2. The molecule has 0 unspecified atom stereocenters. The van der Waals surface area contributed by atoms with Gasteiger partial charge in [-0.25, -0.2) is 0 Å². The first-order chi connectivity index (χ1) is 9.22. The molecule has 0 radical (unpaired) electrons. The standard InChI is InChI=1S/C13H19ClN2O3/c1-3-18-12-8-10(9-16-15-5-6-17)7-11(14)13(12)19-4-2/h7-9,15,17H,3-6H2,1-2H3. The van der Waals surface area contributed by atoms with Gasteiger partial charge >= 0.3 is 0 Å². The monoisotopic (exact) mass is 286 g/mol. The van der Waals surface area contributed by atoms with E-state index in [1.807, 2.05) is 19.9 Å². The molecule has 0 saturated heterocycles. The molecule has 6 heteroatoms. The molecule has 0 amide bonds. The molecule has 2 N–H and O–H groups in total. The summed E-state index contributed by atoms with van der Waals surface area (Å²) in [5.41, 5.74) is 3.49. The molecule has 0 aliphatic rings. The Morgan fingerprint density at radius 3 is 2.68 bits per heavy atom. The Morgan fingerprint density at radius 2 is 2.05 bits per heavy atom. The fourth-order valence-electron chi connectivity index (χ4n) is 1.44. The highest BCUT2D eigenvalue weighted by atomic mass is 35.5. The minimum Gasteiger partial charge on any atom is -0.490 e. The lowest BCUT2D eigenvalue weighted by Crippen LogP contribution is -2.11. The molecular formula is C13H19ClN2O3. The molecule has 0 aliphatic heterocycles. The predicted octanol–water partition coefficient (Wildman–Crippen LogP) is 2.05. The Bertz CT molecular complexity index is 425. The molecule has 1 aromatic rings. The maximum Gasteiger partial charge on any atom is 0.179 e. The normalized spacial score (nSPS) is 10.7. The third kappa shape index (κ3) is 4.96. The van der Waals surface area contributed by atoms with Crippen LogP contribution in [-0.2, 0) is 0 Å². The van der Waals surface area contributed by atoms with Crippen LogP contribution in [0.25, 0.3) is 0 Å². The van der Waals surface area contributed by atoms with Crippen molar-refractivity contribution in [2.24, 2.45) is 5.10 Å². The molecule has 106 valence electrons. The van der Waals surface area contributed by atoms with E-state index in [9.17, 15) is 0 Å². The summed E-state index contributed by atoms with van der Waals surface area (Å²) in [5.74, 6) is 1.15. The van der Waals surface area contributed by atoms with Crippen molar-refractivity contribution < 1.29 is 14.6 Å². The van der Waals surface area contributed by atoms with Gasteiger partial charge in [0.25, 0.3) is 0 Å². The number of hydrazone groups is 1. The number of nitrogens with zero attached hydrogens (tertiary/aromatic N) is 1. The van der Waals surface area contributed by atoms with E-state index in [0.29, 0.717) is 36.3 Å². The molecule has 0 saturated carbocycles. The number of rotatable bonds is 8. The summed E-state index contributed by atoms with van der Waals surface area (Å²) in [4.78, 5) is 0. The van der Waals surface area contributed by atoms with Crippen LogP contribution >= 0.6 is 11.6 Å². The van der Waals surface area contributed by atoms with Crippen LogP contribution < -0.4 is 14.9 Å². The second kappa shape index (κ2) is 8.61. The van der Waals surface area contributed by atoms with Crippen molar-refractivity contribution in [1.29, 1.82) is 0 Å². The number of aliphatic hydroxyl groups is 1. The van der Waals surface area contributed by atoms with E-state index >= 15 is 0 Å². The molecular weight excluding hydrogens is 268 g/mol. The molecule has 0 bridgehead atoms. The van der Waals surface area contributed by atoms with Gasteiger partial charge in [0.15, 0.2) is 11.5 Å². The first-order valence-corrected chi connectivity index (χ1v) is 6.56. The number of benzene rings is 1. The van der Waals surface area contributed by atoms with Gasteiger partial charge < -0.3 is 20.0 Å². The van der Waals surface area contributed by atoms with Crippen LogP contribution in [0.1, 0.15) is 19.4 Å². The van der Waals surface area contributed by atoms with Crippen molar-refractivity contribution in [2.75, 3.05) is 26.4 Å². The van der Waals surface area contributed by atoms with Gasteiger partial charge in [0.1, 0.15) is 0 Å². The minimum atomic E-state index is 0.0333. The number of hydrogen-bond donors (Lipinski definition) is 2. The van der Waals surface area contributed by atoms with Gasteiger partial charge in [0, 0.05) is 0 Å². The molecule has 0 heterocycles. The molecule has 1 aromatic carbocycles. The fraction of sp³-hybridized carbons (Fsp3) is 0.462. The van der Waals surface area contributed by atoms with Gasteiger partial charge in [-0.1, -0.05) is 11.6 Å². The largest absolute Gasteiger partial charge is 0.490 e. The molecule has 19 heavy (non-hydrogen) atoms. The van der Waals surface area contributed by atoms with Crippen molar-refractivity contribution in [2.45, 2.75) is 13.8 Å². The average molecular weight is 287 g/mol. The highest BCUT2D eigenvalue weighted by Crippen LogP contribution is 2.36. The average Bonchev–Trinajstić information content (AvgIpc) is 2.39. The van der Waals surface area contributed by atoms with Gasteiger partial charge in [-0.3, -0.25) is 0 Å². The predicted molar refractivity (Wildman–Crippen MR) is 76.5 cm³/mol. The van der Waals surface area contributed by atoms with Crippen molar-refractivity contribution >= 4 is 17.8 Å². The summed E-state index contributed by atoms with van der Waals surface area (Å²) >= 11 is 6.16. The van der Waals surface area contributed by atoms with E-state index in [4.69, 9.17) is 26.2 Å². The van der Waals surface area contributed by atoms with Gasteiger partial charge in [0.05, 0.1) is 37.6 Å². The van der Waals surface area contributed by atoms with Crippen LogP contribution in [0, 0.1) is 0 Å². The molecule has 5 nitrogen and oxygen atoms in total. The number of aliphatic hydroxyl groups excluding tert-OH is 1. The van der Waals surface area contributed by atoms with E-state index in [-0.39, 0.29) is 6.61 Å². The zero-order chi connectivity index (χ0) is 14.1. The quantitative estimate of drug-likeness (QED) is 0.436. The van der Waals surface area contributed by atoms with E-state index in [0.717, 1.165) is 5.56 Å². The third-order valence-electron chi connectivity index (χ3n) is 2.15. The van der Waals surface area contributed by atoms with Gasteiger partial charge in [-0.15, -0.1) is 0 Å². The van der Waals surface area contributed by atoms with Crippen molar-refractivity contribution in [3.05, 3.63) is 22.7 Å².